The van der Waals surface area contributed by atoms with Gasteiger partial charge in [0.05, 0.1) is 5.56 Å². The molecule has 0 fully saturated rings. The van der Waals surface area contributed by atoms with E-state index in [1.807, 2.05) is 12.1 Å². The van der Waals surface area contributed by atoms with Crippen LogP contribution in [0.25, 0.3) is 10.6 Å². The lowest BCUT2D eigenvalue weighted by molar-refractivity contribution is -0.138. The highest BCUT2D eigenvalue weighted by atomic mass is 32.1. The molecular weight excluding hydrogens is 451 g/mol. The van der Waals surface area contributed by atoms with Gasteiger partial charge in [0.25, 0.3) is 5.91 Å². The maximum Gasteiger partial charge on any atom is 0.416 e. The number of hydrogen-bond acceptors (Lipinski definition) is 5. The third-order valence-corrected chi connectivity index (χ3v) is 5.63. The summed E-state index contributed by atoms with van der Waals surface area (Å²) in [6.45, 7) is 0.136. The van der Waals surface area contributed by atoms with E-state index in [0.717, 1.165) is 11.6 Å². The lowest BCUT2D eigenvalue weighted by Crippen LogP contribution is -2.23. The first kappa shape index (κ1) is 22.5. The summed E-state index contributed by atoms with van der Waals surface area (Å²) in [5.41, 5.74) is 1.25. The SMILES string of the molecule is O=C(NCc1ccncc1)c1csc(-c2cccc(OCc3ccccc3C(F)(F)F)c2)n1. The van der Waals surface area contributed by atoms with Crippen LogP contribution in [-0.4, -0.2) is 15.9 Å². The van der Waals surface area contributed by atoms with E-state index < -0.39 is 11.7 Å². The number of hydrogen-bond donors (Lipinski definition) is 1. The highest BCUT2D eigenvalue weighted by Crippen LogP contribution is 2.33. The molecule has 0 atom stereocenters. The second kappa shape index (κ2) is 9.83. The van der Waals surface area contributed by atoms with E-state index in [0.29, 0.717) is 22.9 Å². The molecule has 9 heteroatoms. The molecule has 168 valence electrons. The molecule has 1 amide bonds. The molecule has 0 unspecified atom stereocenters. The topological polar surface area (TPSA) is 64.1 Å². The fourth-order valence-electron chi connectivity index (χ4n) is 3.09. The minimum atomic E-state index is -4.45. The number of thiazole rings is 1. The number of aromatic nitrogens is 2. The van der Waals surface area contributed by atoms with Crippen molar-refractivity contribution in [2.45, 2.75) is 19.3 Å². The van der Waals surface area contributed by atoms with Crippen molar-refractivity contribution in [2.24, 2.45) is 0 Å². The van der Waals surface area contributed by atoms with Gasteiger partial charge >= 0.3 is 6.18 Å². The summed E-state index contributed by atoms with van der Waals surface area (Å²) in [5.74, 6) is 0.105. The zero-order valence-corrected chi connectivity index (χ0v) is 18.0. The fourth-order valence-corrected chi connectivity index (χ4v) is 3.88. The smallest absolute Gasteiger partial charge is 0.416 e. The molecule has 0 spiro atoms. The van der Waals surface area contributed by atoms with Crippen molar-refractivity contribution in [3.05, 3.63) is 101 Å². The van der Waals surface area contributed by atoms with Crippen LogP contribution in [0.2, 0.25) is 0 Å². The lowest BCUT2D eigenvalue weighted by atomic mass is 10.1. The fraction of sp³-hybridized carbons (Fsp3) is 0.125. The summed E-state index contributed by atoms with van der Waals surface area (Å²) in [5, 5.41) is 5.07. The average molecular weight is 469 g/mol. The Kier molecular flexibility index (Phi) is 6.69. The molecule has 1 N–H and O–H groups in total. The van der Waals surface area contributed by atoms with E-state index in [9.17, 15) is 18.0 Å². The van der Waals surface area contributed by atoms with Crippen molar-refractivity contribution in [1.29, 1.82) is 0 Å². The predicted octanol–water partition coefficient (Wildman–Crippen LogP) is 5.73. The molecule has 0 saturated heterocycles. The average Bonchev–Trinajstić information content (AvgIpc) is 3.32. The van der Waals surface area contributed by atoms with E-state index in [-0.39, 0.29) is 23.8 Å². The molecule has 33 heavy (non-hydrogen) atoms. The van der Waals surface area contributed by atoms with Crippen molar-refractivity contribution in [3.63, 3.8) is 0 Å². The Hall–Kier alpha value is -3.72. The van der Waals surface area contributed by atoms with Gasteiger partial charge in [0.2, 0.25) is 0 Å². The monoisotopic (exact) mass is 469 g/mol. The first-order valence-corrected chi connectivity index (χ1v) is 10.8. The molecule has 0 bridgehead atoms. The Morgan fingerprint density at radius 2 is 1.82 bits per heavy atom. The Bertz CT molecular complexity index is 1240. The number of nitrogens with one attached hydrogen (secondary N) is 1. The third kappa shape index (κ3) is 5.75. The maximum atomic E-state index is 13.2. The molecular formula is C24H18F3N3O2S. The standard InChI is InChI=1S/C24H18F3N3O2S/c25-24(26,27)20-7-2-1-4-18(20)14-32-19-6-3-5-17(12-19)23-30-21(15-33-23)22(31)29-13-16-8-10-28-11-9-16/h1-12,15H,13-14H2,(H,29,31). The van der Waals surface area contributed by atoms with Crippen LogP contribution in [0.3, 0.4) is 0 Å². The summed E-state index contributed by atoms with van der Waals surface area (Å²) in [4.78, 5) is 20.7. The number of carbonyl (C=O) groups is 1. The van der Waals surface area contributed by atoms with E-state index in [1.165, 1.54) is 23.5 Å². The van der Waals surface area contributed by atoms with Crippen LogP contribution in [-0.2, 0) is 19.3 Å². The van der Waals surface area contributed by atoms with Gasteiger partial charge in [-0.3, -0.25) is 9.78 Å². The van der Waals surface area contributed by atoms with Crippen LogP contribution < -0.4 is 10.1 Å². The van der Waals surface area contributed by atoms with Crippen molar-refractivity contribution in [1.82, 2.24) is 15.3 Å². The van der Waals surface area contributed by atoms with E-state index in [1.54, 1.807) is 48.1 Å². The first-order valence-electron chi connectivity index (χ1n) is 9.91. The Labute approximate surface area is 191 Å². The molecule has 2 aromatic heterocycles. The Morgan fingerprint density at radius 1 is 1.03 bits per heavy atom. The maximum absolute atomic E-state index is 13.2. The number of rotatable bonds is 7. The molecule has 0 aliphatic heterocycles. The lowest BCUT2D eigenvalue weighted by Gasteiger charge is -2.13. The van der Waals surface area contributed by atoms with Gasteiger partial charge in [-0.2, -0.15) is 13.2 Å². The molecule has 0 aliphatic rings. The highest BCUT2D eigenvalue weighted by Gasteiger charge is 2.33. The summed E-state index contributed by atoms with van der Waals surface area (Å²) in [6, 6.07) is 15.8. The van der Waals surface area contributed by atoms with Crippen LogP contribution >= 0.6 is 11.3 Å². The number of alkyl halides is 3. The zero-order valence-electron chi connectivity index (χ0n) is 17.2. The van der Waals surface area contributed by atoms with Crippen molar-refractivity contribution >= 4 is 17.2 Å². The molecule has 5 nitrogen and oxygen atoms in total. The predicted molar refractivity (Wildman–Crippen MR) is 119 cm³/mol. The zero-order chi connectivity index (χ0) is 23.3. The number of nitrogens with zero attached hydrogens (tertiary/aromatic N) is 2. The van der Waals surface area contributed by atoms with Crippen LogP contribution in [0.15, 0.2) is 78.4 Å². The number of ether oxygens (including phenoxy) is 1. The van der Waals surface area contributed by atoms with Gasteiger partial charge in [0.1, 0.15) is 23.1 Å². The molecule has 4 aromatic rings. The van der Waals surface area contributed by atoms with Crippen LogP contribution in [0.4, 0.5) is 13.2 Å². The highest BCUT2D eigenvalue weighted by molar-refractivity contribution is 7.13. The van der Waals surface area contributed by atoms with Gasteiger partial charge in [-0.05, 0) is 35.9 Å². The second-order valence-corrected chi connectivity index (χ2v) is 7.91. The number of halogens is 3. The molecule has 0 radical (unpaired) electrons. The number of carbonyl (C=O) groups excluding carboxylic acids is 1. The van der Waals surface area contributed by atoms with Crippen LogP contribution in [0, 0.1) is 0 Å². The van der Waals surface area contributed by atoms with Gasteiger partial charge in [0, 0.05) is 35.4 Å². The van der Waals surface area contributed by atoms with Crippen LogP contribution in [0.5, 0.6) is 5.75 Å². The molecule has 2 aromatic carbocycles. The number of benzene rings is 2. The summed E-state index contributed by atoms with van der Waals surface area (Å²) in [6.07, 6.45) is -1.14. The van der Waals surface area contributed by atoms with Gasteiger partial charge < -0.3 is 10.1 Å². The van der Waals surface area contributed by atoms with Gasteiger partial charge in [0.15, 0.2) is 0 Å². The summed E-state index contributed by atoms with van der Waals surface area (Å²) in [7, 11) is 0. The molecule has 4 rings (SSSR count). The second-order valence-electron chi connectivity index (χ2n) is 7.05. The first-order chi connectivity index (χ1) is 15.9. The minimum Gasteiger partial charge on any atom is -0.489 e. The Balaban J connectivity index is 1.42. The largest absolute Gasteiger partial charge is 0.489 e. The van der Waals surface area contributed by atoms with E-state index in [2.05, 4.69) is 15.3 Å². The summed E-state index contributed by atoms with van der Waals surface area (Å²) >= 11 is 1.30. The van der Waals surface area contributed by atoms with Crippen molar-refractivity contribution < 1.29 is 22.7 Å². The normalized spacial score (nSPS) is 11.2. The number of amides is 1. The minimum absolute atomic E-state index is 0.0535. The van der Waals surface area contributed by atoms with Crippen molar-refractivity contribution in [3.8, 4) is 16.3 Å². The van der Waals surface area contributed by atoms with Gasteiger partial charge in [-0.1, -0.05) is 30.3 Å². The van der Waals surface area contributed by atoms with E-state index >= 15 is 0 Å². The molecule has 2 heterocycles. The third-order valence-electron chi connectivity index (χ3n) is 4.74. The summed E-state index contributed by atoms with van der Waals surface area (Å²) < 4.78 is 45.2. The van der Waals surface area contributed by atoms with Crippen molar-refractivity contribution in [2.75, 3.05) is 0 Å². The number of pyridine rings is 1. The molecule has 0 aliphatic carbocycles. The Morgan fingerprint density at radius 3 is 2.61 bits per heavy atom. The van der Waals surface area contributed by atoms with Gasteiger partial charge in [-0.15, -0.1) is 11.3 Å². The molecule has 0 saturated carbocycles. The quantitative estimate of drug-likeness (QED) is 0.375. The van der Waals surface area contributed by atoms with Gasteiger partial charge in [-0.25, -0.2) is 4.98 Å². The van der Waals surface area contributed by atoms with E-state index in [4.69, 9.17) is 4.74 Å². The van der Waals surface area contributed by atoms with Crippen LogP contribution in [0.1, 0.15) is 27.2 Å².